The zero-order valence-electron chi connectivity index (χ0n) is 25.1. The van der Waals surface area contributed by atoms with Gasteiger partial charge in [-0.15, -0.1) is 0 Å². The lowest BCUT2D eigenvalue weighted by molar-refractivity contribution is -0.158. The summed E-state index contributed by atoms with van der Waals surface area (Å²) in [7, 11) is 0. The van der Waals surface area contributed by atoms with Crippen molar-refractivity contribution in [1.82, 2.24) is 0 Å². The second kappa shape index (κ2) is 21.8. The molecule has 1 aliphatic rings. The van der Waals surface area contributed by atoms with Gasteiger partial charge in [-0.2, -0.15) is 0 Å². The standard InChI is InChI=1S/C33H62O4/c1-27(2)19-15-11-7-5-6-8-13-17-21-31(22-18-14-10-9-12-16-20-28(3)4)37-33(36)30-25-23-29(24-26-30)32(34)35/h27-31H,5-26H2,1-4H3,(H,34,35). The highest BCUT2D eigenvalue weighted by Gasteiger charge is 2.31. The lowest BCUT2D eigenvalue weighted by Crippen LogP contribution is -2.29. The van der Waals surface area contributed by atoms with E-state index in [-0.39, 0.29) is 23.9 Å². The number of hydrogen-bond acceptors (Lipinski definition) is 3. The average molecular weight is 523 g/mol. The SMILES string of the molecule is CC(C)CCCCCCCCCCC(CCCCCCCCC(C)C)OC(=O)C1CCC(C(=O)O)CC1. The van der Waals surface area contributed by atoms with Crippen LogP contribution in [0.4, 0.5) is 0 Å². The molecule has 0 aromatic heterocycles. The molecule has 1 saturated carbocycles. The highest BCUT2D eigenvalue weighted by atomic mass is 16.5. The van der Waals surface area contributed by atoms with Crippen molar-refractivity contribution >= 4 is 11.9 Å². The van der Waals surface area contributed by atoms with Crippen molar-refractivity contribution in [1.29, 1.82) is 0 Å². The van der Waals surface area contributed by atoms with Gasteiger partial charge in [0.15, 0.2) is 0 Å². The maximum Gasteiger partial charge on any atom is 0.309 e. The first-order valence-electron chi connectivity index (χ1n) is 16.2. The molecular weight excluding hydrogens is 460 g/mol. The lowest BCUT2D eigenvalue weighted by Gasteiger charge is -2.27. The molecule has 4 nitrogen and oxygen atoms in total. The predicted octanol–water partition coefficient (Wildman–Crippen LogP) is 10.1. The number of carbonyl (C=O) groups is 2. The van der Waals surface area contributed by atoms with E-state index in [4.69, 9.17) is 4.74 Å². The van der Waals surface area contributed by atoms with E-state index in [9.17, 15) is 14.7 Å². The maximum absolute atomic E-state index is 12.9. The molecule has 0 saturated heterocycles. The van der Waals surface area contributed by atoms with Gasteiger partial charge in [0.2, 0.25) is 0 Å². The summed E-state index contributed by atoms with van der Waals surface area (Å²) >= 11 is 0. The molecular formula is C33H62O4. The highest BCUT2D eigenvalue weighted by molar-refractivity contribution is 5.74. The van der Waals surface area contributed by atoms with E-state index in [2.05, 4.69) is 27.7 Å². The van der Waals surface area contributed by atoms with Gasteiger partial charge >= 0.3 is 11.9 Å². The van der Waals surface area contributed by atoms with Crippen LogP contribution in [-0.2, 0) is 14.3 Å². The average Bonchev–Trinajstić information content (AvgIpc) is 2.86. The minimum atomic E-state index is -0.718. The van der Waals surface area contributed by atoms with Crippen LogP contribution in [-0.4, -0.2) is 23.1 Å². The Morgan fingerprint density at radius 2 is 0.892 bits per heavy atom. The van der Waals surface area contributed by atoms with Gasteiger partial charge in [-0.05, 0) is 63.2 Å². The second-order valence-corrected chi connectivity index (χ2v) is 12.8. The summed E-state index contributed by atoms with van der Waals surface area (Å²) in [4.78, 5) is 24.1. The number of esters is 1. The maximum atomic E-state index is 12.9. The Morgan fingerprint density at radius 1 is 0.568 bits per heavy atom. The molecule has 1 atom stereocenters. The van der Waals surface area contributed by atoms with E-state index in [0.717, 1.165) is 37.5 Å². The molecule has 37 heavy (non-hydrogen) atoms. The number of rotatable bonds is 23. The van der Waals surface area contributed by atoms with Crippen LogP contribution >= 0.6 is 0 Å². The zero-order valence-corrected chi connectivity index (χ0v) is 25.1. The van der Waals surface area contributed by atoms with Gasteiger partial charge in [-0.3, -0.25) is 9.59 Å². The Bertz CT molecular complexity index is 563. The Balaban J connectivity index is 2.29. The van der Waals surface area contributed by atoms with Crippen molar-refractivity contribution in [2.45, 2.75) is 175 Å². The van der Waals surface area contributed by atoms with E-state index in [1.165, 1.54) is 89.9 Å². The van der Waals surface area contributed by atoms with E-state index in [1.807, 2.05) is 0 Å². The lowest BCUT2D eigenvalue weighted by atomic mass is 9.82. The molecule has 1 N–H and O–H groups in total. The highest BCUT2D eigenvalue weighted by Crippen LogP contribution is 2.30. The Hall–Kier alpha value is -1.06. The fourth-order valence-electron chi connectivity index (χ4n) is 5.72. The van der Waals surface area contributed by atoms with Gasteiger partial charge in [0.05, 0.1) is 11.8 Å². The summed E-state index contributed by atoms with van der Waals surface area (Å²) < 4.78 is 6.06. The van der Waals surface area contributed by atoms with Crippen molar-refractivity contribution in [3.63, 3.8) is 0 Å². The summed E-state index contributed by atoms with van der Waals surface area (Å²) in [5, 5.41) is 9.24. The summed E-state index contributed by atoms with van der Waals surface area (Å²) in [6.07, 6.45) is 25.4. The normalized spacial score (nSPS) is 18.9. The third kappa shape index (κ3) is 18.8. The molecule has 0 aliphatic heterocycles. The van der Waals surface area contributed by atoms with E-state index in [0.29, 0.717) is 25.7 Å². The van der Waals surface area contributed by atoms with Crippen LogP contribution in [0.3, 0.4) is 0 Å². The molecule has 0 amide bonds. The number of hydrogen-bond donors (Lipinski definition) is 1. The van der Waals surface area contributed by atoms with Crippen LogP contribution in [0.5, 0.6) is 0 Å². The molecule has 1 unspecified atom stereocenters. The second-order valence-electron chi connectivity index (χ2n) is 12.8. The third-order valence-electron chi connectivity index (χ3n) is 8.31. The first-order valence-corrected chi connectivity index (χ1v) is 16.2. The van der Waals surface area contributed by atoms with Gasteiger partial charge in [0, 0.05) is 0 Å². The van der Waals surface area contributed by atoms with Crippen molar-refractivity contribution in [3.05, 3.63) is 0 Å². The molecule has 0 spiro atoms. The molecule has 1 fully saturated rings. The molecule has 1 rings (SSSR count). The van der Waals surface area contributed by atoms with Crippen molar-refractivity contribution < 1.29 is 19.4 Å². The van der Waals surface area contributed by atoms with Gasteiger partial charge in [-0.25, -0.2) is 0 Å². The van der Waals surface area contributed by atoms with Crippen LogP contribution < -0.4 is 0 Å². The zero-order chi connectivity index (χ0) is 27.3. The molecule has 218 valence electrons. The Morgan fingerprint density at radius 3 is 1.24 bits per heavy atom. The van der Waals surface area contributed by atoms with E-state index in [1.54, 1.807) is 0 Å². The number of unbranched alkanes of at least 4 members (excludes halogenated alkanes) is 12. The number of ether oxygens (including phenoxy) is 1. The van der Waals surface area contributed by atoms with Crippen LogP contribution in [0.15, 0.2) is 0 Å². The molecule has 1 aliphatic carbocycles. The topological polar surface area (TPSA) is 63.6 Å². The number of carboxylic acids is 1. The fourth-order valence-corrected chi connectivity index (χ4v) is 5.72. The first-order chi connectivity index (χ1) is 17.8. The van der Waals surface area contributed by atoms with E-state index < -0.39 is 5.97 Å². The largest absolute Gasteiger partial charge is 0.481 e. The first kappa shape index (κ1) is 34.0. The van der Waals surface area contributed by atoms with Gasteiger partial charge < -0.3 is 9.84 Å². The minimum Gasteiger partial charge on any atom is -0.481 e. The third-order valence-corrected chi connectivity index (χ3v) is 8.31. The quantitative estimate of drug-likeness (QED) is 0.107. The molecule has 0 aromatic rings. The molecule has 0 aromatic carbocycles. The predicted molar refractivity (Wildman–Crippen MR) is 156 cm³/mol. The number of carboxylic acid groups (broad SMARTS) is 1. The van der Waals surface area contributed by atoms with Crippen LogP contribution in [0.25, 0.3) is 0 Å². The Labute approximate surface area is 230 Å². The minimum absolute atomic E-state index is 0.0432. The summed E-state index contributed by atoms with van der Waals surface area (Å²) in [6.45, 7) is 9.22. The Kier molecular flexibility index (Phi) is 20.0. The van der Waals surface area contributed by atoms with Gasteiger partial charge in [-0.1, -0.05) is 118 Å². The summed E-state index contributed by atoms with van der Waals surface area (Å²) in [5.74, 6) is 0.472. The molecule has 4 heteroatoms. The van der Waals surface area contributed by atoms with Crippen LogP contribution in [0, 0.1) is 23.7 Å². The molecule has 0 bridgehead atoms. The van der Waals surface area contributed by atoms with Crippen molar-refractivity contribution in [2.75, 3.05) is 0 Å². The van der Waals surface area contributed by atoms with E-state index >= 15 is 0 Å². The summed E-state index contributed by atoms with van der Waals surface area (Å²) in [5.41, 5.74) is 0. The van der Waals surface area contributed by atoms with Crippen LogP contribution in [0.1, 0.15) is 169 Å². The van der Waals surface area contributed by atoms with Crippen molar-refractivity contribution in [3.8, 4) is 0 Å². The van der Waals surface area contributed by atoms with Crippen LogP contribution in [0.2, 0.25) is 0 Å². The number of carbonyl (C=O) groups excluding carboxylic acids is 1. The molecule has 0 radical (unpaired) electrons. The fraction of sp³-hybridized carbons (Fsp3) is 0.939. The van der Waals surface area contributed by atoms with Gasteiger partial charge in [0.25, 0.3) is 0 Å². The summed E-state index contributed by atoms with van der Waals surface area (Å²) in [6, 6.07) is 0. The monoisotopic (exact) mass is 522 g/mol. The number of aliphatic carboxylic acids is 1. The smallest absolute Gasteiger partial charge is 0.309 e. The molecule has 0 heterocycles. The van der Waals surface area contributed by atoms with Crippen molar-refractivity contribution in [2.24, 2.45) is 23.7 Å². The van der Waals surface area contributed by atoms with Gasteiger partial charge in [0.1, 0.15) is 6.10 Å².